The number of nitrogens with zero attached hydrogens (tertiary/aromatic N) is 2. The minimum absolute atomic E-state index is 0.00115. The summed E-state index contributed by atoms with van der Waals surface area (Å²) in [4.78, 5) is 14.3. The van der Waals surface area contributed by atoms with Gasteiger partial charge in [0.15, 0.2) is 5.58 Å². The lowest BCUT2D eigenvalue weighted by Gasteiger charge is -2.11. The third-order valence-corrected chi connectivity index (χ3v) is 12.8. The van der Waals surface area contributed by atoms with Crippen LogP contribution in [0.15, 0.2) is 196 Å². The number of pyridine rings is 1. The predicted octanol–water partition coefficient (Wildman–Crippen LogP) is 14.4. The first kappa shape index (κ1) is 31.9. The number of furan rings is 2. The van der Waals surface area contributed by atoms with Gasteiger partial charge in [-0.05, 0) is 100 Å². The summed E-state index contributed by atoms with van der Waals surface area (Å²) in [5.41, 5.74) is 12.8. The SMILES string of the molecule is O=c1c2ccccc2c2cc(-c3cccc4oc5ccc(-n6c7ccccc7c7ccc8c9ccccc9oc8c76)cc5c34)cc3c4cc(-c5ccccc5)ccc4n1c23. The predicted molar refractivity (Wildman–Crippen MR) is 247 cm³/mol. The van der Waals surface area contributed by atoms with Crippen LogP contribution in [0.3, 0.4) is 0 Å². The fourth-order valence-corrected chi connectivity index (χ4v) is 10.2. The molecule has 278 valence electrons. The molecular formula is C55H30N2O3. The van der Waals surface area contributed by atoms with Gasteiger partial charge in [-0.15, -0.1) is 0 Å². The van der Waals surface area contributed by atoms with E-state index in [1.165, 1.54) is 5.39 Å². The van der Waals surface area contributed by atoms with Gasteiger partial charge in [-0.25, -0.2) is 0 Å². The summed E-state index contributed by atoms with van der Waals surface area (Å²) >= 11 is 0. The number of para-hydroxylation sites is 2. The average molecular weight is 767 g/mol. The second kappa shape index (κ2) is 11.5. The molecule has 0 atom stereocenters. The first-order chi connectivity index (χ1) is 29.7. The molecule has 0 amide bonds. The zero-order chi connectivity index (χ0) is 39.2. The Morgan fingerprint density at radius 2 is 1.07 bits per heavy atom. The molecule has 0 aliphatic carbocycles. The van der Waals surface area contributed by atoms with Crippen molar-refractivity contribution in [1.82, 2.24) is 8.97 Å². The van der Waals surface area contributed by atoms with Crippen LogP contribution in [0.1, 0.15) is 0 Å². The Morgan fingerprint density at radius 1 is 0.367 bits per heavy atom. The van der Waals surface area contributed by atoms with Gasteiger partial charge in [0.05, 0.1) is 22.1 Å². The quantitative estimate of drug-likeness (QED) is 0.168. The van der Waals surface area contributed by atoms with Crippen molar-refractivity contribution in [2.45, 2.75) is 0 Å². The molecule has 0 saturated carbocycles. The highest BCUT2D eigenvalue weighted by atomic mass is 16.3. The molecule has 0 aliphatic heterocycles. The monoisotopic (exact) mass is 766 g/mol. The standard InChI is InChI=1S/C55H30N2O3/c58-55-41-16-5-4-13-36(41)43-28-33(29-44-42-27-32(31-11-2-1-3-12-31)21-25-47(42)57(55)52(43)44)35-17-10-20-50-51(35)45-30-34(22-26-49(45)59-50)56-46-18-8-6-14-37(46)39-23-24-40-38-15-7-9-19-48(38)60-54(40)53(39)56/h1-30H. The number of aromatic nitrogens is 2. The fraction of sp³-hybridized carbons (Fsp3) is 0. The molecule has 0 saturated heterocycles. The lowest BCUT2D eigenvalue weighted by molar-refractivity contribution is 0.669. The van der Waals surface area contributed by atoms with Crippen LogP contribution in [-0.4, -0.2) is 8.97 Å². The van der Waals surface area contributed by atoms with E-state index in [0.717, 1.165) is 121 Å². The number of hydrogen-bond donors (Lipinski definition) is 0. The van der Waals surface area contributed by atoms with Gasteiger partial charge in [0.25, 0.3) is 5.56 Å². The van der Waals surface area contributed by atoms with Crippen LogP contribution in [0.2, 0.25) is 0 Å². The van der Waals surface area contributed by atoms with Gasteiger partial charge >= 0.3 is 0 Å². The summed E-state index contributed by atoms with van der Waals surface area (Å²) in [6, 6.07) is 63.6. The molecule has 5 heteroatoms. The second-order valence-corrected chi connectivity index (χ2v) is 16.0. The van der Waals surface area contributed by atoms with Crippen LogP contribution in [-0.2, 0) is 0 Å². The molecule has 0 N–H and O–H groups in total. The van der Waals surface area contributed by atoms with Crippen molar-refractivity contribution in [3.05, 3.63) is 192 Å². The molecule has 0 radical (unpaired) electrons. The topological polar surface area (TPSA) is 52.7 Å². The summed E-state index contributed by atoms with van der Waals surface area (Å²) < 4.78 is 17.6. The van der Waals surface area contributed by atoms with Crippen LogP contribution in [0.5, 0.6) is 0 Å². The third kappa shape index (κ3) is 4.12. The Hall–Kier alpha value is -8.15. The third-order valence-electron chi connectivity index (χ3n) is 12.8. The van der Waals surface area contributed by atoms with Crippen LogP contribution < -0.4 is 5.56 Å². The first-order valence-corrected chi connectivity index (χ1v) is 20.3. The maximum absolute atomic E-state index is 14.3. The molecule has 5 aromatic heterocycles. The normalized spacial score (nSPS) is 12.4. The van der Waals surface area contributed by atoms with Gasteiger partial charge in [-0.2, -0.15) is 0 Å². The summed E-state index contributed by atoms with van der Waals surface area (Å²) in [6.07, 6.45) is 0. The van der Waals surface area contributed by atoms with Crippen molar-refractivity contribution in [1.29, 1.82) is 0 Å². The van der Waals surface area contributed by atoms with Crippen molar-refractivity contribution in [3.8, 4) is 27.9 Å². The molecule has 5 heterocycles. The number of benzene rings is 9. The zero-order valence-corrected chi connectivity index (χ0v) is 31.9. The van der Waals surface area contributed by atoms with E-state index < -0.39 is 0 Å². The van der Waals surface area contributed by atoms with Crippen molar-refractivity contribution in [2.24, 2.45) is 0 Å². The van der Waals surface area contributed by atoms with E-state index in [-0.39, 0.29) is 5.56 Å². The molecule has 5 nitrogen and oxygen atoms in total. The molecule has 14 rings (SSSR count). The van der Waals surface area contributed by atoms with E-state index in [1.54, 1.807) is 0 Å². The molecule has 0 unspecified atom stereocenters. The van der Waals surface area contributed by atoms with Gasteiger partial charge in [0, 0.05) is 59.5 Å². The summed E-state index contributed by atoms with van der Waals surface area (Å²) in [7, 11) is 0. The summed E-state index contributed by atoms with van der Waals surface area (Å²) in [6.45, 7) is 0. The van der Waals surface area contributed by atoms with Crippen molar-refractivity contribution < 1.29 is 8.83 Å². The molecular weight excluding hydrogens is 737 g/mol. The van der Waals surface area contributed by atoms with Crippen LogP contribution in [0.4, 0.5) is 0 Å². The number of hydrogen-bond acceptors (Lipinski definition) is 3. The molecule has 0 aliphatic rings. The zero-order valence-electron chi connectivity index (χ0n) is 31.9. The molecule has 14 aromatic rings. The van der Waals surface area contributed by atoms with E-state index in [4.69, 9.17) is 8.83 Å². The van der Waals surface area contributed by atoms with Crippen molar-refractivity contribution in [3.63, 3.8) is 0 Å². The van der Waals surface area contributed by atoms with Gasteiger partial charge in [0.2, 0.25) is 0 Å². The maximum Gasteiger partial charge on any atom is 0.263 e. The lowest BCUT2D eigenvalue weighted by Crippen LogP contribution is -2.12. The van der Waals surface area contributed by atoms with Gasteiger partial charge < -0.3 is 13.4 Å². The number of fused-ring (bicyclic) bond motifs is 15. The molecule has 0 fully saturated rings. The van der Waals surface area contributed by atoms with E-state index in [0.29, 0.717) is 5.39 Å². The second-order valence-electron chi connectivity index (χ2n) is 16.0. The maximum atomic E-state index is 14.3. The van der Waals surface area contributed by atoms with Crippen molar-refractivity contribution >= 4 is 104 Å². The van der Waals surface area contributed by atoms with Crippen LogP contribution in [0, 0.1) is 0 Å². The van der Waals surface area contributed by atoms with Gasteiger partial charge in [0.1, 0.15) is 16.7 Å². The van der Waals surface area contributed by atoms with E-state index >= 15 is 0 Å². The highest BCUT2D eigenvalue weighted by molar-refractivity contribution is 6.24. The van der Waals surface area contributed by atoms with Crippen molar-refractivity contribution in [2.75, 3.05) is 0 Å². The smallest absolute Gasteiger partial charge is 0.263 e. The highest BCUT2D eigenvalue weighted by Crippen LogP contribution is 2.45. The lowest BCUT2D eigenvalue weighted by atomic mass is 9.94. The Labute approximate surface area is 340 Å². The summed E-state index contributed by atoms with van der Waals surface area (Å²) in [5, 5.41) is 11.4. The van der Waals surface area contributed by atoms with Crippen LogP contribution >= 0.6 is 0 Å². The minimum atomic E-state index is -0.00115. The highest BCUT2D eigenvalue weighted by Gasteiger charge is 2.23. The molecule has 0 bridgehead atoms. The Kier molecular flexibility index (Phi) is 6.11. The van der Waals surface area contributed by atoms with Gasteiger partial charge in [-0.3, -0.25) is 9.20 Å². The Balaban J connectivity index is 1.07. The largest absolute Gasteiger partial charge is 0.456 e. The van der Waals surface area contributed by atoms with E-state index in [9.17, 15) is 4.79 Å². The molecule has 9 aromatic carbocycles. The van der Waals surface area contributed by atoms with E-state index in [1.807, 2.05) is 40.8 Å². The number of rotatable bonds is 3. The van der Waals surface area contributed by atoms with Crippen LogP contribution in [0.25, 0.3) is 132 Å². The van der Waals surface area contributed by atoms with Gasteiger partial charge in [-0.1, -0.05) is 109 Å². The Morgan fingerprint density at radius 3 is 1.95 bits per heavy atom. The molecule has 0 spiro atoms. The Bertz CT molecular complexity index is 4200. The summed E-state index contributed by atoms with van der Waals surface area (Å²) in [5.74, 6) is 0. The molecule has 60 heavy (non-hydrogen) atoms. The average Bonchev–Trinajstić information content (AvgIpc) is 4.06. The first-order valence-electron chi connectivity index (χ1n) is 20.3. The van der Waals surface area contributed by atoms with E-state index in [2.05, 4.69) is 150 Å². The minimum Gasteiger partial charge on any atom is -0.456 e. The fourth-order valence-electron chi connectivity index (χ4n) is 10.2.